The highest BCUT2D eigenvalue weighted by Crippen LogP contribution is 2.21. The average Bonchev–Trinajstić information content (AvgIpc) is 2.18. The van der Waals surface area contributed by atoms with Crippen LogP contribution in [0, 0.1) is 6.92 Å². The monoisotopic (exact) mass is 224 g/mol. The van der Waals surface area contributed by atoms with E-state index in [1.54, 1.807) is 6.92 Å². The number of hydrogen-bond donors (Lipinski definition) is 4. The Kier molecular flexibility index (Phi) is 3.34. The highest BCUT2D eigenvalue weighted by Gasteiger charge is 2.21. The van der Waals surface area contributed by atoms with Crippen molar-refractivity contribution in [2.24, 2.45) is 5.73 Å². The van der Waals surface area contributed by atoms with Gasteiger partial charge in [0.05, 0.1) is 0 Å². The van der Waals surface area contributed by atoms with Gasteiger partial charge in [-0.3, -0.25) is 0 Å². The van der Waals surface area contributed by atoms with E-state index in [0.29, 0.717) is 11.1 Å². The first-order valence-electron chi connectivity index (χ1n) is 4.50. The fourth-order valence-corrected chi connectivity index (χ4v) is 1.29. The number of urea groups is 1. The number of amides is 2. The van der Waals surface area contributed by atoms with Crippen LogP contribution in [0.1, 0.15) is 17.2 Å². The van der Waals surface area contributed by atoms with Crippen LogP contribution in [-0.4, -0.2) is 22.2 Å². The molecular formula is C10H12N2O4. The number of aromatic hydroxyl groups is 1. The predicted octanol–water partition coefficient (Wildman–Crippen LogP) is 0.495. The van der Waals surface area contributed by atoms with Gasteiger partial charge in [0.25, 0.3) is 0 Å². The summed E-state index contributed by atoms with van der Waals surface area (Å²) in [6.07, 6.45) is 0. The Morgan fingerprint density at radius 2 is 2.06 bits per heavy atom. The van der Waals surface area contributed by atoms with E-state index in [1.165, 1.54) is 18.2 Å². The molecule has 5 N–H and O–H groups in total. The molecule has 0 saturated heterocycles. The Bertz CT molecular complexity index is 431. The van der Waals surface area contributed by atoms with Crippen molar-refractivity contribution < 1.29 is 19.8 Å². The maximum atomic E-state index is 10.9. The largest absolute Gasteiger partial charge is 0.508 e. The second-order valence-electron chi connectivity index (χ2n) is 3.33. The molecule has 16 heavy (non-hydrogen) atoms. The van der Waals surface area contributed by atoms with Crippen molar-refractivity contribution in [3.8, 4) is 5.75 Å². The molecule has 1 aromatic carbocycles. The average molecular weight is 224 g/mol. The van der Waals surface area contributed by atoms with E-state index in [4.69, 9.17) is 10.8 Å². The van der Waals surface area contributed by atoms with Crippen LogP contribution in [0.5, 0.6) is 5.75 Å². The number of phenols is 1. The minimum atomic E-state index is -1.22. The number of carbonyl (C=O) groups is 2. The number of hydrogen-bond acceptors (Lipinski definition) is 3. The topological polar surface area (TPSA) is 113 Å². The number of phenolic OH excluding ortho intramolecular Hbond substituents is 1. The second kappa shape index (κ2) is 4.52. The molecule has 0 aliphatic rings. The number of carboxylic acids is 1. The second-order valence-corrected chi connectivity index (χ2v) is 3.33. The Morgan fingerprint density at radius 3 is 2.50 bits per heavy atom. The highest BCUT2D eigenvalue weighted by atomic mass is 16.4. The highest BCUT2D eigenvalue weighted by molar-refractivity contribution is 5.82. The molecule has 0 heterocycles. The minimum absolute atomic E-state index is 0.0620. The summed E-state index contributed by atoms with van der Waals surface area (Å²) >= 11 is 0. The van der Waals surface area contributed by atoms with Crippen LogP contribution in [0.3, 0.4) is 0 Å². The quantitative estimate of drug-likeness (QED) is 0.598. The number of aliphatic carboxylic acids is 1. The molecule has 0 spiro atoms. The van der Waals surface area contributed by atoms with Crippen molar-refractivity contribution in [2.75, 3.05) is 0 Å². The van der Waals surface area contributed by atoms with E-state index < -0.39 is 18.0 Å². The van der Waals surface area contributed by atoms with Gasteiger partial charge in [0.1, 0.15) is 5.75 Å². The fourth-order valence-electron chi connectivity index (χ4n) is 1.29. The maximum absolute atomic E-state index is 10.9. The third-order valence-electron chi connectivity index (χ3n) is 2.09. The normalized spacial score (nSPS) is 11.8. The predicted molar refractivity (Wildman–Crippen MR) is 55.9 cm³/mol. The van der Waals surface area contributed by atoms with Crippen molar-refractivity contribution in [1.29, 1.82) is 0 Å². The molecule has 2 amide bonds. The maximum Gasteiger partial charge on any atom is 0.330 e. The standard InChI is InChI=1S/C10H12N2O4/c1-5-4-6(2-3-7(5)13)8(9(14)15)12-10(11)16/h2-4,8,13H,1H3,(H,14,15)(H3,11,12,16). The SMILES string of the molecule is Cc1cc(C(NC(N)=O)C(=O)O)ccc1O. The lowest BCUT2D eigenvalue weighted by Crippen LogP contribution is -2.37. The lowest BCUT2D eigenvalue weighted by molar-refractivity contribution is -0.139. The van der Waals surface area contributed by atoms with E-state index in [0.717, 1.165) is 0 Å². The molecule has 1 atom stereocenters. The summed E-state index contributed by atoms with van der Waals surface area (Å²) in [5, 5.41) is 20.3. The molecule has 0 fully saturated rings. The van der Waals surface area contributed by atoms with Gasteiger partial charge < -0.3 is 21.3 Å². The summed E-state index contributed by atoms with van der Waals surface area (Å²) in [7, 11) is 0. The van der Waals surface area contributed by atoms with Gasteiger partial charge in [0.2, 0.25) is 0 Å². The Hall–Kier alpha value is -2.24. The smallest absolute Gasteiger partial charge is 0.330 e. The number of primary amides is 1. The van der Waals surface area contributed by atoms with Crippen LogP contribution in [0.2, 0.25) is 0 Å². The van der Waals surface area contributed by atoms with Crippen molar-refractivity contribution in [3.05, 3.63) is 29.3 Å². The summed E-state index contributed by atoms with van der Waals surface area (Å²) in [6.45, 7) is 1.63. The van der Waals surface area contributed by atoms with Gasteiger partial charge in [-0.25, -0.2) is 9.59 Å². The van der Waals surface area contributed by atoms with Crippen molar-refractivity contribution >= 4 is 12.0 Å². The number of carbonyl (C=O) groups excluding carboxylic acids is 1. The molecule has 1 unspecified atom stereocenters. The molecule has 0 aromatic heterocycles. The third kappa shape index (κ3) is 2.63. The lowest BCUT2D eigenvalue weighted by atomic mass is 10.0. The number of rotatable bonds is 3. The first kappa shape index (κ1) is 11.8. The van der Waals surface area contributed by atoms with Crippen molar-refractivity contribution in [3.63, 3.8) is 0 Å². The van der Waals surface area contributed by atoms with Gasteiger partial charge >= 0.3 is 12.0 Å². The Labute approximate surface area is 91.7 Å². The van der Waals surface area contributed by atoms with Crippen LogP contribution < -0.4 is 11.1 Å². The van der Waals surface area contributed by atoms with Crippen LogP contribution in [0.15, 0.2) is 18.2 Å². The molecule has 0 bridgehead atoms. The first-order valence-corrected chi connectivity index (χ1v) is 4.50. The summed E-state index contributed by atoms with van der Waals surface area (Å²) in [4.78, 5) is 21.5. The molecule has 0 saturated carbocycles. The Balaban J connectivity index is 3.06. The van der Waals surface area contributed by atoms with E-state index in [-0.39, 0.29) is 5.75 Å². The van der Waals surface area contributed by atoms with E-state index >= 15 is 0 Å². The zero-order valence-electron chi connectivity index (χ0n) is 8.60. The fraction of sp³-hybridized carbons (Fsp3) is 0.200. The number of nitrogens with two attached hydrogens (primary N) is 1. The summed E-state index contributed by atoms with van der Waals surface area (Å²) < 4.78 is 0. The van der Waals surface area contributed by atoms with Gasteiger partial charge in [-0.05, 0) is 30.2 Å². The lowest BCUT2D eigenvalue weighted by Gasteiger charge is -2.14. The number of nitrogens with one attached hydrogen (secondary N) is 1. The molecule has 86 valence electrons. The van der Waals surface area contributed by atoms with Crippen LogP contribution >= 0.6 is 0 Å². The summed E-state index contributed by atoms with van der Waals surface area (Å²) in [6, 6.07) is 2.12. The van der Waals surface area contributed by atoms with Gasteiger partial charge in [-0.2, -0.15) is 0 Å². The number of aryl methyl sites for hydroxylation is 1. The number of benzene rings is 1. The molecular weight excluding hydrogens is 212 g/mol. The molecule has 1 rings (SSSR count). The van der Waals surface area contributed by atoms with Crippen LogP contribution in [0.4, 0.5) is 4.79 Å². The molecule has 0 aliphatic carbocycles. The van der Waals surface area contributed by atoms with Crippen LogP contribution in [-0.2, 0) is 4.79 Å². The summed E-state index contributed by atoms with van der Waals surface area (Å²) in [5.41, 5.74) is 5.75. The molecule has 0 radical (unpaired) electrons. The zero-order chi connectivity index (χ0) is 12.3. The third-order valence-corrected chi connectivity index (χ3v) is 2.09. The van der Waals surface area contributed by atoms with Crippen LogP contribution in [0.25, 0.3) is 0 Å². The summed E-state index contributed by atoms with van der Waals surface area (Å²) in [5.74, 6) is -1.16. The molecule has 1 aromatic rings. The van der Waals surface area contributed by atoms with Gasteiger partial charge in [-0.15, -0.1) is 0 Å². The molecule has 0 aliphatic heterocycles. The minimum Gasteiger partial charge on any atom is -0.508 e. The molecule has 6 nitrogen and oxygen atoms in total. The van der Waals surface area contributed by atoms with E-state index in [9.17, 15) is 14.7 Å². The van der Waals surface area contributed by atoms with Crippen molar-refractivity contribution in [1.82, 2.24) is 5.32 Å². The van der Waals surface area contributed by atoms with Gasteiger partial charge in [0.15, 0.2) is 6.04 Å². The van der Waals surface area contributed by atoms with Gasteiger partial charge in [0, 0.05) is 0 Å². The Morgan fingerprint density at radius 1 is 1.44 bits per heavy atom. The number of carboxylic acid groups (broad SMARTS) is 1. The van der Waals surface area contributed by atoms with E-state index in [2.05, 4.69) is 5.32 Å². The first-order chi connectivity index (χ1) is 7.41. The van der Waals surface area contributed by atoms with Gasteiger partial charge in [-0.1, -0.05) is 6.07 Å². The van der Waals surface area contributed by atoms with Crippen molar-refractivity contribution in [2.45, 2.75) is 13.0 Å². The molecule has 6 heteroatoms. The van der Waals surface area contributed by atoms with E-state index in [1.807, 2.05) is 0 Å². The zero-order valence-corrected chi connectivity index (χ0v) is 8.60.